The number of hydrogen-bond donors (Lipinski definition) is 1. The Morgan fingerprint density at radius 1 is 0.654 bits per heavy atom. The van der Waals surface area contributed by atoms with Crippen molar-refractivity contribution < 1.29 is 17.7 Å². The van der Waals surface area contributed by atoms with Crippen LogP contribution in [0.3, 0.4) is 0 Å². The van der Waals surface area contributed by atoms with Crippen LogP contribution >= 0.6 is 0 Å². The summed E-state index contributed by atoms with van der Waals surface area (Å²) in [7, 11) is -3.82. The molecule has 2 aliphatic carbocycles. The molecule has 0 bridgehead atoms. The number of aryl methyl sites for hydroxylation is 1. The molecule has 280 valence electrons. The van der Waals surface area contributed by atoms with Crippen LogP contribution in [0.1, 0.15) is 100 Å². The molecular weight excluding hydrogens is 661 g/mol. The van der Waals surface area contributed by atoms with E-state index in [0.29, 0.717) is 12.8 Å². The Morgan fingerprint density at radius 2 is 1.08 bits per heavy atom. The summed E-state index contributed by atoms with van der Waals surface area (Å²) in [4.78, 5) is 0.201. The normalized spacial score (nSPS) is 22.8. The highest BCUT2D eigenvalue weighted by Gasteiger charge is 2.36. The average Bonchev–Trinajstić information content (AvgIpc) is 3.01. The maximum absolute atomic E-state index is 12.9. The van der Waals surface area contributed by atoms with Gasteiger partial charge in [0.25, 0.3) is 10.1 Å². The monoisotopic (exact) mass is 722 g/mol. The van der Waals surface area contributed by atoms with Gasteiger partial charge >= 0.3 is 0 Å². The van der Waals surface area contributed by atoms with Crippen LogP contribution in [0.25, 0.3) is 0 Å². The molecule has 0 radical (unpaired) electrons. The van der Waals surface area contributed by atoms with Crippen molar-refractivity contribution in [1.29, 1.82) is 0 Å². The van der Waals surface area contributed by atoms with Crippen molar-refractivity contribution >= 4 is 10.1 Å². The third-order valence-corrected chi connectivity index (χ3v) is 11.2. The van der Waals surface area contributed by atoms with E-state index in [0.717, 1.165) is 35.1 Å². The molecule has 0 heterocycles. The van der Waals surface area contributed by atoms with Crippen LogP contribution in [0.5, 0.6) is 0 Å². The van der Waals surface area contributed by atoms with Crippen molar-refractivity contribution in [2.45, 2.75) is 119 Å². The van der Waals surface area contributed by atoms with E-state index in [4.69, 9.17) is 4.18 Å². The molecule has 0 aliphatic heterocycles. The van der Waals surface area contributed by atoms with Crippen molar-refractivity contribution in [2.75, 3.05) is 0 Å². The zero-order valence-corrected chi connectivity index (χ0v) is 34.3. The van der Waals surface area contributed by atoms with Gasteiger partial charge in [-0.2, -0.15) is 8.42 Å². The van der Waals surface area contributed by atoms with Gasteiger partial charge in [-0.05, 0) is 108 Å². The maximum atomic E-state index is 12.9. The molecule has 0 aromatic heterocycles. The minimum absolute atomic E-state index is 0.0113. The molecule has 0 spiro atoms. The summed E-state index contributed by atoms with van der Waals surface area (Å²) in [5, 5.41) is 10.1. The molecule has 0 saturated carbocycles. The summed E-state index contributed by atoms with van der Waals surface area (Å²) in [6, 6.07) is 6.80. The first-order valence-electron chi connectivity index (χ1n) is 18.5. The molecule has 1 aromatic rings. The van der Waals surface area contributed by atoms with Gasteiger partial charge in [0, 0.05) is 0 Å². The summed E-state index contributed by atoms with van der Waals surface area (Å²) in [6.07, 6.45) is 31.7. The molecular formula is C47H62O4S. The lowest BCUT2D eigenvalue weighted by Gasteiger charge is -2.37. The van der Waals surface area contributed by atoms with Gasteiger partial charge in [0.2, 0.25) is 0 Å². The van der Waals surface area contributed by atoms with E-state index < -0.39 is 16.2 Å². The lowest BCUT2D eigenvalue weighted by Crippen LogP contribution is -2.32. The first-order chi connectivity index (χ1) is 24.3. The first kappa shape index (κ1) is 42.6. The Morgan fingerprint density at radius 3 is 1.54 bits per heavy atom. The zero-order valence-electron chi connectivity index (χ0n) is 33.5. The molecule has 0 fully saturated rings. The molecule has 2 unspecified atom stereocenters. The first-order valence-corrected chi connectivity index (χ1v) is 19.9. The van der Waals surface area contributed by atoms with Crippen LogP contribution in [0, 0.1) is 17.8 Å². The Kier molecular flexibility index (Phi) is 15.4. The van der Waals surface area contributed by atoms with Crippen LogP contribution in [0.4, 0.5) is 0 Å². The van der Waals surface area contributed by atoms with Crippen LogP contribution in [-0.2, 0) is 14.3 Å². The summed E-state index contributed by atoms with van der Waals surface area (Å²) in [6.45, 7) is 23.2. The second-order valence-electron chi connectivity index (χ2n) is 16.0. The second-order valence-corrected chi connectivity index (χ2v) is 17.6. The lowest BCUT2D eigenvalue weighted by molar-refractivity contribution is 0.116. The number of hydrogen-bond acceptors (Lipinski definition) is 4. The smallest absolute Gasteiger partial charge is 0.297 e. The maximum Gasteiger partial charge on any atom is 0.297 e. The highest BCUT2D eigenvalue weighted by molar-refractivity contribution is 7.86. The highest BCUT2D eigenvalue weighted by Crippen LogP contribution is 2.43. The molecule has 3 rings (SSSR count). The Hall–Kier alpha value is -3.77. The van der Waals surface area contributed by atoms with E-state index in [1.165, 1.54) is 27.9 Å². The fourth-order valence-electron chi connectivity index (χ4n) is 7.11. The third-order valence-electron chi connectivity index (χ3n) is 9.80. The van der Waals surface area contributed by atoms with Crippen molar-refractivity contribution in [2.24, 2.45) is 10.8 Å². The highest BCUT2D eigenvalue weighted by atomic mass is 32.2. The second kappa shape index (κ2) is 18.8. The molecule has 0 amide bonds. The zero-order chi connectivity index (χ0) is 38.7. The van der Waals surface area contributed by atoms with Gasteiger partial charge in [0.05, 0.1) is 17.1 Å². The minimum atomic E-state index is -3.82. The summed E-state index contributed by atoms with van der Waals surface area (Å²) in [5.74, 6) is 0. The van der Waals surface area contributed by atoms with Gasteiger partial charge in [-0.3, -0.25) is 4.18 Å². The SMILES string of the molecule is CC1=C(/C=C/C(C)=C/C=C/C(C)=C/C=C/C=C(C)/C=C/C=C(C)/C=C/C2=C(C)CC(OS(=O)(=O)c3ccc(C)cc3)CC2(C)C)C(C)(C)CC(O)C1. The summed E-state index contributed by atoms with van der Waals surface area (Å²) in [5.41, 5.74) is 10.4. The minimum Gasteiger partial charge on any atom is -0.393 e. The van der Waals surface area contributed by atoms with Crippen molar-refractivity contribution in [3.05, 3.63) is 159 Å². The fourth-order valence-corrected chi connectivity index (χ4v) is 8.18. The van der Waals surface area contributed by atoms with Gasteiger partial charge < -0.3 is 5.11 Å². The number of benzene rings is 1. The van der Waals surface area contributed by atoms with Crippen molar-refractivity contribution in [1.82, 2.24) is 0 Å². The topological polar surface area (TPSA) is 63.6 Å². The van der Waals surface area contributed by atoms with E-state index in [2.05, 4.69) is 154 Å². The van der Waals surface area contributed by atoms with Crippen molar-refractivity contribution in [3.8, 4) is 0 Å². The van der Waals surface area contributed by atoms with Crippen LogP contribution in [-0.4, -0.2) is 25.7 Å². The standard InChI is InChI=1S/C47H62O4S/c1-34(18-14-20-36(3)24-28-44-39(6)30-41(48)32-46(44,8)9)16-12-13-17-35(2)19-15-21-37(4)25-29-45-40(7)31-42(33-47(45,10)11)51-52(49,50)43-26-22-38(5)23-27-43/h12-29,41-42,48H,30-33H2,1-11H3/b13-12+,18-14+,19-15+,28-24+,29-25+,34-16+,35-17+,36-20+,37-21+. The number of rotatable bonds is 13. The van der Waals surface area contributed by atoms with Gasteiger partial charge in [-0.1, -0.05) is 164 Å². The van der Waals surface area contributed by atoms with Gasteiger partial charge in [0.15, 0.2) is 0 Å². The largest absolute Gasteiger partial charge is 0.393 e. The van der Waals surface area contributed by atoms with Gasteiger partial charge in [-0.15, -0.1) is 0 Å². The third kappa shape index (κ3) is 13.3. The van der Waals surface area contributed by atoms with E-state index in [1.807, 2.05) is 6.92 Å². The molecule has 2 aliphatic rings. The quantitative estimate of drug-likeness (QED) is 0.163. The van der Waals surface area contributed by atoms with E-state index in [1.54, 1.807) is 24.3 Å². The van der Waals surface area contributed by atoms with E-state index in [-0.39, 0.29) is 21.8 Å². The molecule has 1 N–H and O–H groups in total. The van der Waals surface area contributed by atoms with E-state index in [9.17, 15) is 13.5 Å². The molecule has 4 nitrogen and oxygen atoms in total. The van der Waals surface area contributed by atoms with Crippen molar-refractivity contribution in [3.63, 3.8) is 0 Å². The molecule has 1 aromatic carbocycles. The predicted octanol–water partition coefficient (Wildman–Crippen LogP) is 12.3. The Bertz CT molecular complexity index is 1870. The average molecular weight is 723 g/mol. The van der Waals surface area contributed by atoms with Gasteiger partial charge in [-0.25, -0.2) is 0 Å². The number of aliphatic hydroxyl groups is 1. The molecule has 0 saturated heterocycles. The fraction of sp³-hybridized carbons (Fsp3) is 0.404. The Balaban J connectivity index is 1.53. The lowest BCUT2D eigenvalue weighted by atomic mass is 9.71. The number of aliphatic hydroxyl groups excluding tert-OH is 1. The molecule has 5 heteroatoms. The van der Waals surface area contributed by atoms with Crippen LogP contribution in [0.15, 0.2) is 159 Å². The van der Waals surface area contributed by atoms with E-state index >= 15 is 0 Å². The van der Waals surface area contributed by atoms with Crippen LogP contribution in [0.2, 0.25) is 0 Å². The van der Waals surface area contributed by atoms with Crippen LogP contribution < -0.4 is 0 Å². The molecule has 2 atom stereocenters. The van der Waals surface area contributed by atoms with Gasteiger partial charge in [0.1, 0.15) is 0 Å². The predicted molar refractivity (Wildman–Crippen MR) is 221 cm³/mol. The molecule has 52 heavy (non-hydrogen) atoms. The Labute approximate surface area is 316 Å². The summed E-state index contributed by atoms with van der Waals surface area (Å²) >= 11 is 0. The number of allylic oxidation sites excluding steroid dienone is 20. The summed E-state index contributed by atoms with van der Waals surface area (Å²) < 4.78 is 31.6.